The van der Waals surface area contributed by atoms with E-state index in [1.54, 1.807) is 11.8 Å². The van der Waals surface area contributed by atoms with E-state index < -0.39 is 0 Å². The maximum atomic E-state index is 12.9. The molecule has 0 saturated heterocycles. The second kappa shape index (κ2) is 7.32. The van der Waals surface area contributed by atoms with Gasteiger partial charge in [-0.25, -0.2) is 0 Å². The van der Waals surface area contributed by atoms with Crippen LogP contribution in [0.5, 0.6) is 0 Å². The SMILES string of the molecule is CSC(CO)C(C)NC(=O)C1(c2ccccc2)CCCC1. The summed E-state index contributed by atoms with van der Waals surface area (Å²) in [5, 5.41) is 12.6. The van der Waals surface area contributed by atoms with Crippen LogP contribution < -0.4 is 5.32 Å². The van der Waals surface area contributed by atoms with Crippen LogP contribution in [0.4, 0.5) is 0 Å². The molecule has 1 saturated carbocycles. The van der Waals surface area contributed by atoms with Crippen LogP contribution in [-0.2, 0) is 10.2 Å². The van der Waals surface area contributed by atoms with Gasteiger partial charge in [-0.2, -0.15) is 11.8 Å². The zero-order valence-corrected chi connectivity index (χ0v) is 13.7. The van der Waals surface area contributed by atoms with Crippen molar-refractivity contribution in [2.24, 2.45) is 0 Å². The number of amides is 1. The molecule has 0 spiro atoms. The molecular formula is C17H25NO2S. The van der Waals surface area contributed by atoms with Gasteiger partial charge >= 0.3 is 0 Å². The predicted molar refractivity (Wildman–Crippen MR) is 88.6 cm³/mol. The van der Waals surface area contributed by atoms with E-state index >= 15 is 0 Å². The number of rotatable bonds is 6. The number of thioether (sulfide) groups is 1. The van der Waals surface area contributed by atoms with E-state index in [0.29, 0.717) is 0 Å². The monoisotopic (exact) mass is 307 g/mol. The number of aliphatic hydroxyl groups is 1. The van der Waals surface area contributed by atoms with Crippen molar-refractivity contribution in [2.45, 2.75) is 49.3 Å². The lowest BCUT2D eigenvalue weighted by Gasteiger charge is -2.31. The lowest BCUT2D eigenvalue weighted by atomic mass is 9.78. The molecule has 4 heteroatoms. The minimum absolute atomic E-state index is 0.0290. The molecule has 1 fully saturated rings. The molecule has 0 heterocycles. The van der Waals surface area contributed by atoms with Crippen molar-refractivity contribution in [1.29, 1.82) is 0 Å². The normalized spacial score (nSPS) is 20.0. The van der Waals surface area contributed by atoms with E-state index in [2.05, 4.69) is 17.4 Å². The fourth-order valence-electron chi connectivity index (χ4n) is 3.26. The fraction of sp³-hybridized carbons (Fsp3) is 0.588. The first-order chi connectivity index (χ1) is 10.1. The summed E-state index contributed by atoms with van der Waals surface area (Å²) in [6, 6.07) is 10.1. The lowest BCUT2D eigenvalue weighted by Crippen LogP contribution is -2.49. The molecule has 2 N–H and O–H groups in total. The van der Waals surface area contributed by atoms with E-state index in [1.165, 1.54) is 0 Å². The lowest BCUT2D eigenvalue weighted by molar-refractivity contribution is -0.127. The van der Waals surface area contributed by atoms with Gasteiger partial charge in [-0.05, 0) is 31.6 Å². The van der Waals surface area contributed by atoms with E-state index in [9.17, 15) is 9.90 Å². The van der Waals surface area contributed by atoms with Crippen LogP contribution in [-0.4, -0.2) is 35.2 Å². The van der Waals surface area contributed by atoms with Crippen molar-refractivity contribution >= 4 is 17.7 Å². The van der Waals surface area contributed by atoms with Crippen molar-refractivity contribution in [1.82, 2.24) is 5.32 Å². The summed E-state index contributed by atoms with van der Waals surface area (Å²) in [6.45, 7) is 2.06. The zero-order chi connectivity index (χ0) is 15.3. The number of nitrogens with one attached hydrogen (secondary N) is 1. The minimum atomic E-state index is -0.381. The summed E-state index contributed by atoms with van der Waals surface area (Å²) in [5.41, 5.74) is 0.741. The first kappa shape index (κ1) is 16.4. The molecule has 1 aliphatic rings. The van der Waals surface area contributed by atoms with Gasteiger partial charge in [-0.15, -0.1) is 0 Å². The fourth-order valence-corrected chi connectivity index (χ4v) is 3.88. The summed E-state index contributed by atoms with van der Waals surface area (Å²) in [4.78, 5) is 12.9. The first-order valence-electron chi connectivity index (χ1n) is 7.64. The highest BCUT2D eigenvalue weighted by Gasteiger charge is 2.43. The number of carbonyl (C=O) groups excluding carboxylic acids is 1. The third-order valence-corrected chi connectivity index (χ3v) is 5.78. The molecule has 2 atom stereocenters. The van der Waals surface area contributed by atoms with Gasteiger partial charge in [-0.3, -0.25) is 4.79 Å². The molecule has 1 amide bonds. The molecule has 2 unspecified atom stereocenters. The van der Waals surface area contributed by atoms with Crippen molar-refractivity contribution in [3.05, 3.63) is 35.9 Å². The van der Waals surface area contributed by atoms with Gasteiger partial charge < -0.3 is 10.4 Å². The van der Waals surface area contributed by atoms with Crippen LogP contribution in [0.3, 0.4) is 0 Å². The summed E-state index contributed by atoms with van der Waals surface area (Å²) in [7, 11) is 0. The number of hydrogen-bond donors (Lipinski definition) is 2. The molecule has 0 aliphatic heterocycles. The highest BCUT2D eigenvalue weighted by atomic mass is 32.2. The van der Waals surface area contributed by atoms with Gasteiger partial charge in [0.2, 0.25) is 5.91 Å². The second-order valence-corrected chi connectivity index (χ2v) is 6.95. The Morgan fingerprint density at radius 2 is 1.95 bits per heavy atom. The third kappa shape index (κ3) is 3.43. The average molecular weight is 307 g/mol. The predicted octanol–water partition coefficient (Wildman–Crippen LogP) is 2.73. The van der Waals surface area contributed by atoms with E-state index in [1.807, 2.05) is 31.4 Å². The minimum Gasteiger partial charge on any atom is -0.395 e. The zero-order valence-electron chi connectivity index (χ0n) is 12.8. The standard InChI is InChI=1S/C17H25NO2S/c1-13(15(12-19)21-2)18-16(20)17(10-6-7-11-17)14-8-4-3-5-9-14/h3-5,8-9,13,15,19H,6-7,10-12H2,1-2H3,(H,18,20). The van der Waals surface area contributed by atoms with Crippen LogP contribution in [0.25, 0.3) is 0 Å². The molecule has 116 valence electrons. The Morgan fingerprint density at radius 3 is 2.48 bits per heavy atom. The quantitative estimate of drug-likeness (QED) is 0.849. The van der Waals surface area contributed by atoms with Gasteiger partial charge in [0.1, 0.15) is 0 Å². The summed E-state index contributed by atoms with van der Waals surface area (Å²) < 4.78 is 0. The van der Waals surface area contributed by atoms with Crippen molar-refractivity contribution in [2.75, 3.05) is 12.9 Å². The smallest absolute Gasteiger partial charge is 0.230 e. The van der Waals surface area contributed by atoms with Gasteiger partial charge in [0.15, 0.2) is 0 Å². The van der Waals surface area contributed by atoms with Crippen molar-refractivity contribution < 1.29 is 9.90 Å². The second-order valence-electron chi connectivity index (χ2n) is 5.87. The summed E-state index contributed by atoms with van der Waals surface area (Å²) in [6.07, 6.45) is 5.99. The molecule has 21 heavy (non-hydrogen) atoms. The van der Waals surface area contributed by atoms with Crippen LogP contribution in [0.2, 0.25) is 0 Å². The molecule has 2 rings (SSSR count). The van der Waals surface area contributed by atoms with Crippen LogP contribution >= 0.6 is 11.8 Å². The van der Waals surface area contributed by atoms with E-state index in [4.69, 9.17) is 0 Å². The maximum Gasteiger partial charge on any atom is 0.230 e. The molecule has 1 aromatic rings. The molecule has 0 radical (unpaired) electrons. The number of aliphatic hydroxyl groups excluding tert-OH is 1. The molecule has 3 nitrogen and oxygen atoms in total. The van der Waals surface area contributed by atoms with E-state index in [0.717, 1.165) is 31.2 Å². The topological polar surface area (TPSA) is 49.3 Å². The molecule has 1 aliphatic carbocycles. The Labute approximate surface area is 131 Å². The maximum absolute atomic E-state index is 12.9. The van der Waals surface area contributed by atoms with E-state index in [-0.39, 0.29) is 29.2 Å². The van der Waals surface area contributed by atoms with Gasteiger partial charge in [0.05, 0.1) is 12.0 Å². The highest BCUT2D eigenvalue weighted by molar-refractivity contribution is 7.99. The van der Waals surface area contributed by atoms with Crippen molar-refractivity contribution in [3.63, 3.8) is 0 Å². The van der Waals surface area contributed by atoms with Crippen LogP contribution in [0.15, 0.2) is 30.3 Å². The third-order valence-electron chi connectivity index (χ3n) is 4.62. The molecule has 1 aromatic carbocycles. The Balaban J connectivity index is 2.17. The molecule has 0 bridgehead atoms. The number of benzene rings is 1. The van der Waals surface area contributed by atoms with Crippen molar-refractivity contribution in [3.8, 4) is 0 Å². The largest absolute Gasteiger partial charge is 0.395 e. The van der Waals surface area contributed by atoms with Gasteiger partial charge in [0.25, 0.3) is 0 Å². The highest BCUT2D eigenvalue weighted by Crippen LogP contribution is 2.41. The first-order valence-corrected chi connectivity index (χ1v) is 8.93. The van der Waals surface area contributed by atoms with Crippen LogP contribution in [0, 0.1) is 0 Å². The van der Waals surface area contributed by atoms with Gasteiger partial charge in [0, 0.05) is 11.3 Å². The molecule has 0 aromatic heterocycles. The Hall–Kier alpha value is -1.00. The summed E-state index contributed by atoms with van der Waals surface area (Å²) >= 11 is 1.59. The number of carbonyl (C=O) groups is 1. The summed E-state index contributed by atoms with van der Waals surface area (Å²) in [5.74, 6) is 0.117. The van der Waals surface area contributed by atoms with Crippen LogP contribution in [0.1, 0.15) is 38.2 Å². The average Bonchev–Trinajstić information content (AvgIpc) is 3.00. The Bertz CT molecular complexity index is 453. The molecular weight excluding hydrogens is 282 g/mol. The Kier molecular flexibility index (Phi) is 5.71. The Morgan fingerprint density at radius 1 is 1.33 bits per heavy atom. The van der Waals surface area contributed by atoms with Gasteiger partial charge in [-0.1, -0.05) is 43.2 Å². The number of hydrogen-bond acceptors (Lipinski definition) is 3.